The van der Waals surface area contributed by atoms with E-state index < -0.39 is 17.5 Å². The van der Waals surface area contributed by atoms with E-state index in [4.69, 9.17) is 16.3 Å². The molecule has 2 aromatic heterocycles. The number of nitrogens with zero attached hydrogens (tertiary/aromatic N) is 3. The van der Waals surface area contributed by atoms with E-state index in [2.05, 4.69) is 30.9 Å². The molecule has 0 bridgehead atoms. The summed E-state index contributed by atoms with van der Waals surface area (Å²) < 4.78 is 19.4. The number of amides is 1. The second-order valence-corrected chi connectivity index (χ2v) is 8.13. The van der Waals surface area contributed by atoms with Gasteiger partial charge in [-0.25, -0.2) is 24.1 Å². The molecule has 0 unspecified atom stereocenters. The first-order valence-electron chi connectivity index (χ1n) is 9.76. The smallest absolute Gasteiger partial charge is 0.407 e. The van der Waals surface area contributed by atoms with Crippen molar-refractivity contribution >= 4 is 46.1 Å². The van der Waals surface area contributed by atoms with Gasteiger partial charge in [-0.05, 0) is 51.5 Å². The first kappa shape index (κ1) is 22.5. The summed E-state index contributed by atoms with van der Waals surface area (Å²) >= 11 is 5.85. The number of fused-ring (bicyclic) bond motifs is 1. The highest BCUT2D eigenvalue weighted by molar-refractivity contribution is 6.31. The summed E-state index contributed by atoms with van der Waals surface area (Å²) in [6, 6.07) is 8.26. The lowest BCUT2D eigenvalue weighted by molar-refractivity contribution is 0.0528. The highest BCUT2D eigenvalue weighted by Crippen LogP contribution is 2.27. The maximum absolute atomic E-state index is 14.2. The summed E-state index contributed by atoms with van der Waals surface area (Å²) in [6.45, 7) is 6.47. The summed E-state index contributed by atoms with van der Waals surface area (Å²) in [5.74, 6) is 0.401. The molecular weight excluding hydrogens is 423 g/mol. The molecule has 8 nitrogen and oxygen atoms in total. The molecule has 0 fully saturated rings. The molecule has 3 rings (SSSR count). The molecule has 0 saturated heterocycles. The number of pyridine rings is 1. The van der Waals surface area contributed by atoms with Crippen LogP contribution in [0.4, 0.5) is 26.5 Å². The fourth-order valence-electron chi connectivity index (χ4n) is 2.67. The van der Waals surface area contributed by atoms with Crippen molar-refractivity contribution in [3.63, 3.8) is 0 Å². The maximum Gasteiger partial charge on any atom is 0.407 e. The van der Waals surface area contributed by atoms with Crippen LogP contribution in [0.5, 0.6) is 0 Å². The van der Waals surface area contributed by atoms with Gasteiger partial charge in [-0.2, -0.15) is 0 Å². The minimum atomic E-state index is -0.567. The van der Waals surface area contributed by atoms with E-state index in [0.717, 1.165) is 0 Å². The van der Waals surface area contributed by atoms with E-state index >= 15 is 0 Å². The molecule has 0 aliphatic carbocycles. The van der Waals surface area contributed by atoms with Gasteiger partial charge in [0.2, 0.25) is 0 Å². The Kier molecular flexibility index (Phi) is 7.06. The minimum absolute atomic E-state index is 0.0127. The summed E-state index contributed by atoms with van der Waals surface area (Å²) in [7, 11) is 0. The number of nitrogens with one attached hydrogen (secondary N) is 3. The summed E-state index contributed by atoms with van der Waals surface area (Å²) in [6.07, 6.45) is 1.60. The Morgan fingerprint density at radius 2 is 1.97 bits per heavy atom. The van der Waals surface area contributed by atoms with Crippen LogP contribution in [0.25, 0.3) is 11.0 Å². The highest BCUT2D eigenvalue weighted by atomic mass is 35.5. The third-order valence-corrected chi connectivity index (χ3v) is 4.31. The van der Waals surface area contributed by atoms with E-state index in [9.17, 15) is 9.18 Å². The van der Waals surface area contributed by atoms with Crippen LogP contribution in [0.2, 0.25) is 5.02 Å². The average Bonchev–Trinajstić information content (AvgIpc) is 2.70. The highest BCUT2D eigenvalue weighted by Gasteiger charge is 2.15. The summed E-state index contributed by atoms with van der Waals surface area (Å²) in [4.78, 5) is 24.6. The molecule has 0 radical (unpaired) electrons. The zero-order valence-corrected chi connectivity index (χ0v) is 18.3. The topological polar surface area (TPSA) is 101 Å². The van der Waals surface area contributed by atoms with Crippen molar-refractivity contribution in [3.8, 4) is 0 Å². The van der Waals surface area contributed by atoms with Crippen LogP contribution >= 0.6 is 11.6 Å². The van der Waals surface area contributed by atoms with Gasteiger partial charge in [0.15, 0.2) is 11.6 Å². The number of alkyl carbamates (subject to hydrolysis) is 1. The third kappa shape index (κ3) is 6.39. The van der Waals surface area contributed by atoms with E-state index in [0.29, 0.717) is 42.2 Å². The van der Waals surface area contributed by atoms with Crippen molar-refractivity contribution in [3.05, 3.63) is 47.5 Å². The minimum Gasteiger partial charge on any atom is -0.444 e. The molecule has 1 aromatic carbocycles. The Hall–Kier alpha value is -3.20. The number of benzene rings is 1. The van der Waals surface area contributed by atoms with Crippen LogP contribution in [-0.2, 0) is 4.74 Å². The number of carbonyl (C=O) groups is 1. The molecule has 164 valence electrons. The van der Waals surface area contributed by atoms with Crippen LogP contribution in [-0.4, -0.2) is 39.7 Å². The van der Waals surface area contributed by atoms with Gasteiger partial charge in [0.25, 0.3) is 0 Å². The van der Waals surface area contributed by atoms with Gasteiger partial charge in [-0.3, -0.25) is 0 Å². The first-order valence-corrected chi connectivity index (χ1v) is 10.1. The van der Waals surface area contributed by atoms with Crippen LogP contribution in [0.3, 0.4) is 0 Å². The Morgan fingerprint density at radius 1 is 1.16 bits per heavy atom. The quantitative estimate of drug-likeness (QED) is 0.444. The van der Waals surface area contributed by atoms with Crippen LogP contribution in [0.1, 0.15) is 27.2 Å². The number of hydrogen-bond donors (Lipinski definition) is 3. The van der Waals surface area contributed by atoms with E-state index in [1.54, 1.807) is 24.3 Å². The maximum atomic E-state index is 14.2. The normalized spacial score (nSPS) is 11.3. The Morgan fingerprint density at radius 3 is 2.74 bits per heavy atom. The first-order chi connectivity index (χ1) is 14.7. The lowest BCUT2D eigenvalue weighted by atomic mass is 10.2. The van der Waals surface area contributed by atoms with E-state index in [-0.39, 0.29) is 10.7 Å². The Bertz CT molecular complexity index is 1070. The van der Waals surface area contributed by atoms with Crippen molar-refractivity contribution < 1.29 is 13.9 Å². The van der Waals surface area contributed by atoms with Crippen LogP contribution < -0.4 is 16.0 Å². The number of ether oxygens (including phenoxy) is 1. The van der Waals surface area contributed by atoms with Crippen molar-refractivity contribution in [2.24, 2.45) is 0 Å². The average molecular weight is 447 g/mol. The number of hydrogen-bond acceptors (Lipinski definition) is 7. The van der Waals surface area contributed by atoms with Gasteiger partial charge in [0, 0.05) is 13.1 Å². The predicted octanol–water partition coefficient (Wildman–Crippen LogP) is 4.89. The Labute approximate surface area is 184 Å². The molecule has 0 atom stereocenters. The largest absolute Gasteiger partial charge is 0.444 e. The van der Waals surface area contributed by atoms with E-state index in [1.165, 1.54) is 12.4 Å². The number of anilines is 3. The number of aromatic nitrogens is 3. The zero-order chi connectivity index (χ0) is 22.4. The molecule has 0 aliphatic heterocycles. The van der Waals surface area contributed by atoms with Gasteiger partial charge in [0.1, 0.15) is 23.3 Å². The molecule has 3 aromatic rings. The standard InChI is InChI=1S/C21H24ClFN6O2/c1-21(2,3)31-20(30)25-11-5-10-24-16-9-8-15-18(29-16)19(27-12-26-15)28-14-7-4-6-13(22)17(14)23/h4,6-9,12H,5,10-11H2,1-3H3,(H,24,29)(H,25,30)(H,26,27,28). The van der Waals surface area contributed by atoms with Crippen molar-refractivity contribution in [2.75, 3.05) is 23.7 Å². The number of halogens is 2. The number of carbonyl (C=O) groups excluding carboxylic acids is 1. The van der Waals surface area contributed by atoms with Gasteiger partial charge in [-0.1, -0.05) is 17.7 Å². The molecule has 1 amide bonds. The fraction of sp³-hybridized carbons (Fsp3) is 0.333. The third-order valence-electron chi connectivity index (χ3n) is 4.01. The molecule has 2 heterocycles. The molecule has 31 heavy (non-hydrogen) atoms. The predicted molar refractivity (Wildman–Crippen MR) is 119 cm³/mol. The van der Waals surface area contributed by atoms with Crippen molar-refractivity contribution in [2.45, 2.75) is 32.8 Å². The van der Waals surface area contributed by atoms with Crippen molar-refractivity contribution in [1.29, 1.82) is 0 Å². The van der Waals surface area contributed by atoms with Crippen LogP contribution in [0, 0.1) is 5.82 Å². The lowest BCUT2D eigenvalue weighted by Crippen LogP contribution is -2.33. The monoisotopic (exact) mass is 446 g/mol. The van der Waals surface area contributed by atoms with E-state index in [1.807, 2.05) is 20.8 Å². The fourth-order valence-corrected chi connectivity index (χ4v) is 2.84. The molecule has 0 aliphatic rings. The molecule has 0 spiro atoms. The second kappa shape index (κ2) is 9.74. The lowest BCUT2D eigenvalue weighted by Gasteiger charge is -2.19. The molecule has 0 saturated carbocycles. The molecular formula is C21H24ClFN6O2. The van der Waals surface area contributed by atoms with Gasteiger partial charge >= 0.3 is 6.09 Å². The van der Waals surface area contributed by atoms with Crippen LogP contribution in [0.15, 0.2) is 36.7 Å². The Balaban J connectivity index is 1.62. The summed E-state index contributed by atoms with van der Waals surface area (Å²) in [5.41, 5.74) is 0.760. The van der Waals surface area contributed by atoms with Gasteiger partial charge < -0.3 is 20.7 Å². The van der Waals surface area contributed by atoms with Crippen molar-refractivity contribution in [1.82, 2.24) is 20.3 Å². The SMILES string of the molecule is CC(C)(C)OC(=O)NCCCNc1ccc2ncnc(Nc3cccc(Cl)c3F)c2n1. The molecule has 3 N–H and O–H groups in total. The zero-order valence-electron chi connectivity index (χ0n) is 17.5. The summed E-state index contributed by atoms with van der Waals surface area (Å²) in [5, 5.41) is 8.83. The van der Waals surface area contributed by atoms with Gasteiger partial charge in [0.05, 0.1) is 16.2 Å². The second-order valence-electron chi connectivity index (χ2n) is 7.72. The van der Waals surface area contributed by atoms with Gasteiger partial charge in [-0.15, -0.1) is 0 Å². The number of rotatable bonds is 7. The molecule has 10 heteroatoms.